The van der Waals surface area contributed by atoms with Gasteiger partial charge in [-0.15, -0.1) is 0 Å². The molecule has 0 heterocycles. The van der Waals surface area contributed by atoms with E-state index in [1.807, 2.05) is 19.1 Å². The van der Waals surface area contributed by atoms with E-state index in [0.29, 0.717) is 11.4 Å². The number of sulfone groups is 1. The molecule has 1 aromatic carbocycles. The number of hydrogen-bond donors (Lipinski definition) is 1. The van der Waals surface area contributed by atoms with Crippen molar-refractivity contribution in [3.05, 3.63) is 29.8 Å². The minimum absolute atomic E-state index is 0.379. The summed E-state index contributed by atoms with van der Waals surface area (Å²) >= 11 is 0. The predicted molar refractivity (Wildman–Crippen MR) is 66.1 cm³/mol. The lowest BCUT2D eigenvalue weighted by atomic mass is 10.2. The Morgan fingerprint density at radius 1 is 1.25 bits per heavy atom. The quantitative estimate of drug-likeness (QED) is 0.857. The maximum absolute atomic E-state index is 12.1. The molecule has 0 atom stereocenters. The van der Waals surface area contributed by atoms with Gasteiger partial charge >= 0.3 is 0 Å². The van der Waals surface area contributed by atoms with E-state index >= 15 is 0 Å². The number of benzene rings is 1. The Bertz CT molecular complexity index is 438. The van der Waals surface area contributed by atoms with Crippen molar-refractivity contribution in [1.29, 1.82) is 0 Å². The Morgan fingerprint density at radius 3 is 2.44 bits per heavy atom. The molecular weight excluding hydrogens is 222 g/mol. The molecule has 16 heavy (non-hydrogen) atoms. The molecule has 0 aliphatic carbocycles. The van der Waals surface area contributed by atoms with Gasteiger partial charge in [0.05, 0.1) is 10.1 Å². The number of hydrogen-bond acceptors (Lipinski definition) is 3. The highest BCUT2D eigenvalue weighted by atomic mass is 32.2. The second-order valence-electron chi connectivity index (χ2n) is 3.98. The van der Waals surface area contributed by atoms with E-state index in [4.69, 9.17) is 0 Å². The predicted octanol–water partition coefficient (Wildman–Crippen LogP) is 1.98. The number of nitrogens with one attached hydrogen (secondary N) is 1. The van der Waals surface area contributed by atoms with Crippen molar-refractivity contribution < 1.29 is 8.42 Å². The van der Waals surface area contributed by atoms with Crippen LogP contribution in [0.3, 0.4) is 0 Å². The van der Waals surface area contributed by atoms with E-state index in [1.54, 1.807) is 26.0 Å². The van der Waals surface area contributed by atoms with Crippen LogP contribution < -0.4 is 5.32 Å². The molecular formula is C12H19NO2S. The molecule has 0 amide bonds. The van der Waals surface area contributed by atoms with Gasteiger partial charge in [0.25, 0.3) is 0 Å². The summed E-state index contributed by atoms with van der Waals surface area (Å²) < 4.78 is 24.2. The van der Waals surface area contributed by atoms with Crippen LogP contribution in [0, 0.1) is 0 Å². The van der Waals surface area contributed by atoms with Gasteiger partial charge in [-0.05, 0) is 32.0 Å². The average Bonchev–Trinajstić information content (AvgIpc) is 2.26. The van der Waals surface area contributed by atoms with E-state index in [0.717, 1.165) is 12.1 Å². The van der Waals surface area contributed by atoms with E-state index in [2.05, 4.69) is 5.32 Å². The Kier molecular flexibility index (Phi) is 4.50. The van der Waals surface area contributed by atoms with Gasteiger partial charge in [0.1, 0.15) is 0 Å². The molecule has 0 spiro atoms. The fourth-order valence-electron chi connectivity index (χ4n) is 1.44. The van der Waals surface area contributed by atoms with E-state index in [9.17, 15) is 8.42 Å². The molecule has 1 N–H and O–H groups in total. The van der Waals surface area contributed by atoms with Crippen molar-refractivity contribution in [1.82, 2.24) is 5.32 Å². The molecule has 1 aromatic rings. The van der Waals surface area contributed by atoms with Gasteiger partial charge in [0.2, 0.25) is 0 Å². The second kappa shape index (κ2) is 5.46. The zero-order valence-corrected chi connectivity index (χ0v) is 10.8. The molecule has 0 saturated heterocycles. The Labute approximate surface area is 97.8 Å². The minimum Gasteiger partial charge on any atom is -0.313 e. The van der Waals surface area contributed by atoms with Crippen LogP contribution in [-0.4, -0.2) is 20.2 Å². The summed E-state index contributed by atoms with van der Waals surface area (Å²) in [4.78, 5) is 0.450. The van der Waals surface area contributed by atoms with Gasteiger partial charge in [-0.3, -0.25) is 0 Å². The van der Waals surface area contributed by atoms with Crippen molar-refractivity contribution in [3.8, 4) is 0 Å². The largest absolute Gasteiger partial charge is 0.313 e. The van der Waals surface area contributed by atoms with Gasteiger partial charge in [-0.1, -0.05) is 25.1 Å². The molecule has 0 fully saturated rings. The first-order chi connectivity index (χ1) is 7.50. The fraction of sp³-hybridized carbons (Fsp3) is 0.500. The van der Waals surface area contributed by atoms with Gasteiger partial charge in [0.15, 0.2) is 9.84 Å². The van der Waals surface area contributed by atoms with Crippen LogP contribution in [0.2, 0.25) is 0 Å². The van der Waals surface area contributed by atoms with Crippen LogP contribution >= 0.6 is 0 Å². The molecule has 90 valence electrons. The summed E-state index contributed by atoms with van der Waals surface area (Å²) in [6.45, 7) is 6.84. The summed E-state index contributed by atoms with van der Waals surface area (Å²) in [5.41, 5.74) is 0.845. The summed E-state index contributed by atoms with van der Waals surface area (Å²) in [5.74, 6) is 0. The highest BCUT2D eigenvalue weighted by Crippen LogP contribution is 2.20. The van der Waals surface area contributed by atoms with Gasteiger partial charge in [-0.2, -0.15) is 0 Å². The summed E-state index contributed by atoms with van der Waals surface area (Å²) in [6, 6.07) is 7.18. The van der Waals surface area contributed by atoms with E-state index < -0.39 is 9.84 Å². The van der Waals surface area contributed by atoms with Crippen LogP contribution in [0.25, 0.3) is 0 Å². The lowest BCUT2D eigenvalue weighted by Crippen LogP contribution is -2.19. The van der Waals surface area contributed by atoms with Crippen molar-refractivity contribution in [2.24, 2.45) is 0 Å². The highest BCUT2D eigenvalue weighted by Gasteiger charge is 2.21. The molecule has 3 nitrogen and oxygen atoms in total. The third-order valence-electron chi connectivity index (χ3n) is 2.47. The zero-order chi connectivity index (χ0) is 12.2. The molecule has 0 bridgehead atoms. The van der Waals surface area contributed by atoms with Crippen LogP contribution in [0.15, 0.2) is 29.2 Å². The Morgan fingerprint density at radius 2 is 1.88 bits per heavy atom. The summed E-state index contributed by atoms with van der Waals surface area (Å²) in [7, 11) is -3.18. The summed E-state index contributed by atoms with van der Waals surface area (Å²) in [5, 5.41) is 2.77. The first-order valence-corrected chi connectivity index (χ1v) is 7.07. The van der Waals surface area contributed by atoms with Crippen LogP contribution in [0.1, 0.15) is 26.3 Å². The molecule has 0 radical (unpaired) electrons. The second-order valence-corrected chi connectivity index (χ2v) is 6.45. The monoisotopic (exact) mass is 241 g/mol. The lowest BCUT2D eigenvalue weighted by Gasteiger charge is -2.12. The van der Waals surface area contributed by atoms with Crippen molar-refractivity contribution in [3.63, 3.8) is 0 Å². The fourth-order valence-corrected chi connectivity index (χ4v) is 2.72. The van der Waals surface area contributed by atoms with Crippen LogP contribution in [0.5, 0.6) is 0 Å². The standard InChI is InChI=1S/C12H19NO2S/c1-4-13-9-11-7-5-6-8-12(11)16(14,15)10(2)3/h5-8,10,13H,4,9H2,1-3H3. The molecule has 0 unspecified atom stereocenters. The van der Waals surface area contributed by atoms with Crippen molar-refractivity contribution in [2.45, 2.75) is 37.5 Å². The molecule has 1 rings (SSSR count). The average molecular weight is 241 g/mol. The molecule has 0 aliphatic heterocycles. The first kappa shape index (κ1) is 13.2. The van der Waals surface area contributed by atoms with Crippen molar-refractivity contribution in [2.75, 3.05) is 6.54 Å². The molecule has 4 heteroatoms. The Balaban J connectivity index is 3.13. The molecule has 0 saturated carbocycles. The SMILES string of the molecule is CCNCc1ccccc1S(=O)(=O)C(C)C. The zero-order valence-electron chi connectivity index (χ0n) is 10.0. The maximum atomic E-state index is 12.1. The third kappa shape index (κ3) is 2.83. The highest BCUT2D eigenvalue weighted by molar-refractivity contribution is 7.92. The van der Waals surface area contributed by atoms with Gasteiger partial charge < -0.3 is 5.32 Å². The molecule has 0 aliphatic rings. The summed E-state index contributed by atoms with van der Waals surface area (Å²) in [6.07, 6.45) is 0. The molecule has 0 aromatic heterocycles. The topological polar surface area (TPSA) is 46.2 Å². The number of rotatable bonds is 5. The van der Waals surface area contributed by atoms with Gasteiger partial charge in [0, 0.05) is 6.54 Å². The third-order valence-corrected chi connectivity index (χ3v) is 4.72. The van der Waals surface area contributed by atoms with E-state index in [-0.39, 0.29) is 5.25 Å². The van der Waals surface area contributed by atoms with E-state index in [1.165, 1.54) is 0 Å². The first-order valence-electron chi connectivity index (χ1n) is 5.52. The minimum atomic E-state index is -3.18. The van der Waals surface area contributed by atoms with Gasteiger partial charge in [-0.25, -0.2) is 8.42 Å². The smallest absolute Gasteiger partial charge is 0.181 e. The normalized spacial score (nSPS) is 12.0. The maximum Gasteiger partial charge on any atom is 0.181 e. The van der Waals surface area contributed by atoms with Crippen LogP contribution in [0.4, 0.5) is 0 Å². The lowest BCUT2D eigenvalue weighted by molar-refractivity contribution is 0.584. The van der Waals surface area contributed by atoms with Crippen LogP contribution in [-0.2, 0) is 16.4 Å². The Hall–Kier alpha value is -0.870. The van der Waals surface area contributed by atoms with Crippen molar-refractivity contribution >= 4 is 9.84 Å².